The molecule has 6 heteroatoms. The van der Waals surface area contributed by atoms with Gasteiger partial charge in [-0.1, -0.05) is 58.3 Å². The van der Waals surface area contributed by atoms with Crippen molar-refractivity contribution in [3.8, 4) is 0 Å². The third-order valence-electron chi connectivity index (χ3n) is 5.67. The molecule has 1 fully saturated rings. The highest BCUT2D eigenvalue weighted by Crippen LogP contribution is 2.25. The molecule has 1 aliphatic carbocycles. The van der Waals surface area contributed by atoms with E-state index in [2.05, 4.69) is 17.2 Å². The number of anilines is 1. The number of hydrogen-bond donors (Lipinski definition) is 1. The van der Waals surface area contributed by atoms with E-state index in [0.717, 1.165) is 49.1 Å². The first-order valence-corrected chi connectivity index (χ1v) is 11.9. The summed E-state index contributed by atoms with van der Waals surface area (Å²) in [6.07, 6.45) is 13.1. The van der Waals surface area contributed by atoms with Gasteiger partial charge in [0.2, 0.25) is 11.8 Å². The van der Waals surface area contributed by atoms with Crippen LogP contribution < -0.4 is 5.32 Å². The first-order valence-electron chi connectivity index (χ1n) is 11.0. The van der Waals surface area contributed by atoms with Crippen LogP contribution >= 0.6 is 11.3 Å². The Labute approximate surface area is 174 Å². The molecule has 1 N–H and O–H groups in total. The lowest BCUT2D eigenvalue weighted by Crippen LogP contribution is -2.45. The van der Waals surface area contributed by atoms with Crippen molar-refractivity contribution in [3.63, 3.8) is 0 Å². The number of carbonyl (C=O) groups is 2. The number of aromatic nitrogens is 1. The summed E-state index contributed by atoms with van der Waals surface area (Å²) in [5, 5.41) is 3.52. The van der Waals surface area contributed by atoms with Crippen LogP contribution in [0.15, 0.2) is 0 Å². The predicted octanol–water partition coefficient (Wildman–Crippen LogP) is 5.61. The van der Waals surface area contributed by atoms with Gasteiger partial charge in [0, 0.05) is 17.3 Å². The molecule has 0 saturated heterocycles. The summed E-state index contributed by atoms with van der Waals surface area (Å²) in [6, 6.07) is 0.215. The third kappa shape index (κ3) is 7.53. The molecule has 5 nitrogen and oxygen atoms in total. The highest BCUT2D eigenvalue weighted by atomic mass is 32.1. The molecule has 0 bridgehead atoms. The Hall–Kier alpha value is -1.43. The van der Waals surface area contributed by atoms with Crippen LogP contribution in [0.25, 0.3) is 0 Å². The van der Waals surface area contributed by atoms with Crippen LogP contribution in [0.2, 0.25) is 0 Å². The molecule has 1 aliphatic rings. The number of nitrogens with one attached hydrogen (secondary N) is 1. The zero-order valence-corrected chi connectivity index (χ0v) is 18.7. The molecule has 0 atom stereocenters. The van der Waals surface area contributed by atoms with Gasteiger partial charge in [-0.25, -0.2) is 4.98 Å². The molecule has 0 spiro atoms. The van der Waals surface area contributed by atoms with Crippen molar-refractivity contribution in [1.82, 2.24) is 9.88 Å². The fourth-order valence-corrected chi connectivity index (χ4v) is 4.68. The molecule has 1 aromatic heterocycles. The predicted molar refractivity (Wildman–Crippen MR) is 117 cm³/mol. The minimum atomic E-state index is -0.129. The molecule has 2 amide bonds. The maximum atomic E-state index is 12.9. The van der Waals surface area contributed by atoms with Crippen LogP contribution in [0, 0.1) is 13.8 Å². The molecule has 0 aliphatic heterocycles. The van der Waals surface area contributed by atoms with Gasteiger partial charge in [-0.2, -0.15) is 0 Å². The van der Waals surface area contributed by atoms with Crippen LogP contribution in [0.3, 0.4) is 0 Å². The van der Waals surface area contributed by atoms with E-state index in [1.165, 1.54) is 43.4 Å². The normalized spacial score (nSPS) is 14.8. The fourth-order valence-electron chi connectivity index (χ4n) is 3.85. The van der Waals surface area contributed by atoms with Crippen molar-refractivity contribution in [3.05, 3.63) is 10.6 Å². The fraction of sp³-hybridized carbons (Fsp3) is 0.773. The Morgan fingerprint density at radius 3 is 2.39 bits per heavy atom. The number of amides is 2. The van der Waals surface area contributed by atoms with E-state index >= 15 is 0 Å². The van der Waals surface area contributed by atoms with Gasteiger partial charge in [0.1, 0.15) is 6.54 Å². The number of rotatable bonds is 11. The van der Waals surface area contributed by atoms with Gasteiger partial charge in [-0.05, 0) is 33.1 Å². The molecule has 0 unspecified atom stereocenters. The van der Waals surface area contributed by atoms with E-state index in [9.17, 15) is 9.59 Å². The zero-order valence-electron chi connectivity index (χ0n) is 17.9. The SMILES string of the molecule is CCCCCCCCC(=O)N(CC(=O)Nc1nc(C)c(C)s1)C1CCCCC1. The lowest BCUT2D eigenvalue weighted by Gasteiger charge is -2.34. The molecule has 28 heavy (non-hydrogen) atoms. The number of thiazole rings is 1. The van der Waals surface area contributed by atoms with E-state index < -0.39 is 0 Å². The van der Waals surface area contributed by atoms with Crippen LogP contribution in [0.5, 0.6) is 0 Å². The Morgan fingerprint density at radius 2 is 1.75 bits per heavy atom. The van der Waals surface area contributed by atoms with Crippen molar-refractivity contribution >= 4 is 28.3 Å². The number of unbranched alkanes of at least 4 members (excludes halogenated alkanes) is 5. The summed E-state index contributed by atoms with van der Waals surface area (Å²) in [7, 11) is 0. The summed E-state index contributed by atoms with van der Waals surface area (Å²) < 4.78 is 0. The Kier molecular flexibility index (Phi) is 9.96. The standard InChI is InChI=1S/C22H37N3O2S/c1-4-5-6-7-8-12-15-21(27)25(19-13-10-9-11-14-19)16-20(26)24-22-23-17(2)18(3)28-22/h19H,4-16H2,1-3H3,(H,23,24,26). The van der Waals surface area contributed by atoms with Crippen molar-refractivity contribution in [1.29, 1.82) is 0 Å². The average molecular weight is 408 g/mol. The zero-order chi connectivity index (χ0) is 20.4. The molecule has 0 aromatic carbocycles. The first-order chi connectivity index (χ1) is 13.5. The Bertz CT molecular complexity index is 604. The first kappa shape index (κ1) is 22.9. The van der Waals surface area contributed by atoms with Gasteiger partial charge in [-0.15, -0.1) is 11.3 Å². The second-order valence-electron chi connectivity index (χ2n) is 8.04. The van der Waals surface area contributed by atoms with Crippen molar-refractivity contribution < 1.29 is 9.59 Å². The van der Waals surface area contributed by atoms with Gasteiger partial charge in [-0.3, -0.25) is 9.59 Å². The van der Waals surface area contributed by atoms with Crippen LogP contribution in [-0.4, -0.2) is 34.3 Å². The lowest BCUT2D eigenvalue weighted by atomic mass is 9.93. The number of aryl methyl sites for hydroxylation is 2. The summed E-state index contributed by atoms with van der Waals surface area (Å²) in [5.74, 6) is 0.0136. The molecule has 158 valence electrons. The van der Waals surface area contributed by atoms with Gasteiger partial charge in [0.15, 0.2) is 5.13 Å². The summed E-state index contributed by atoms with van der Waals surface area (Å²) >= 11 is 1.49. The number of carbonyl (C=O) groups excluding carboxylic acids is 2. The topological polar surface area (TPSA) is 62.3 Å². The van der Waals surface area contributed by atoms with Gasteiger partial charge in [0.25, 0.3) is 0 Å². The van der Waals surface area contributed by atoms with E-state index in [1.807, 2.05) is 18.7 Å². The van der Waals surface area contributed by atoms with Gasteiger partial charge >= 0.3 is 0 Å². The third-order valence-corrected chi connectivity index (χ3v) is 6.66. The van der Waals surface area contributed by atoms with Crippen LogP contribution in [0.4, 0.5) is 5.13 Å². The van der Waals surface area contributed by atoms with Gasteiger partial charge in [0.05, 0.1) is 5.69 Å². The molecule has 2 rings (SSSR count). The quantitative estimate of drug-likeness (QED) is 0.485. The van der Waals surface area contributed by atoms with Gasteiger partial charge < -0.3 is 10.2 Å². The minimum absolute atomic E-state index is 0.129. The largest absolute Gasteiger partial charge is 0.330 e. The number of nitrogens with zero attached hydrogens (tertiary/aromatic N) is 2. The molecule has 0 radical (unpaired) electrons. The van der Waals surface area contributed by atoms with Crippen molar-refractivity contribution in [2.24, 2.45) is 0 Å². The molecular weight excluding hydrogens is 370 g/mol. The van der Waals surface area contributed by atoms with E-state index in [0.29, 0.717) is 11.6 Å². The Morgan fingerprint density at radius 1 is 1.07 bits per heavy atom. The molecule has 1 aromatic rings. The molecular formula is C22H37N3O2S. The molecule has 1 saturated carbocycles. The highest BCUT2D eigenvalue weighted by molar-refractivity contribution is 7.15. The smallest absolute Gasteiger partial charge is 0.245 e. The highest BCUT2D eigenvalue weighted by Gasteiger charge is 2.27. The van der Waals surface area contributed by atoms with Crippen LogP contribution in [-0.2, 0) is 9.59 Å². The van der Waals surface area contributed by atoms with Crippen molar-refractivity contribution in [2.45, 2.75) is 104 Å². The van der Waals surface area contributed by atoms with E-state index in [-0.39, 0.29) is 24.4 Å². The minimum Gasteiger partial charge on any atom is -0.330 e. The lowest BCUT2D eigenvalue weighted by molar-refractivity contribution is -0.137. The molecule has 1 heterocycles. The second kappa shape index (κ2) is 12.2. The summed E-state index contributed by atoms with van der Waals surface area (Å²) in [6.45, 7) is 6.31. The van der Waals surface area contributed by atoms with E-state index in [4.69, 9.17) is 0 Å². The summed E-state index contributed by atoms with van der Waals surface area (Å²) in [5.41, 5.74) is 0.948. The second-order valence-corrected chi connectivity index (χ2v) is 9.24. The number of hydrogen-bond acceptors (Lipinski definition) is 4. The maximum Gasteiger partial charge on any atom is 0.245 e. The van der Waals surface area contributed by atoms with E-state index in [1.54, 1.807) is 0 Å². The summed E-state index contributed by atoms with van der Waals surface area (Å²) in [4.78, 5) is 32.9. The average Bonchev–Trinajstić information content (AvgIpc) is 3.00. The monoisotopic (exact) mass is 407 g/mol. The van der Waals surface area contributed by atoms with Crippen molar-refractivity contribution in [2.75, 3.05) is 11.9 Å². The Balaban J connectivity index is 1.88. The van der Waals surface area contributed by atoms with Crippen LogP contribution in [0.1, 0.15) is 94.5 Å². The maximum absolute atomic E-state index is 12.9.